The third kappa shape index (κ3) is 5.42. The molecule has 11 heteroatoms. The fraction of sp³-hybridized carbons (Fsp3) is 0.217. The molecule has 8 nitrogen and oxygen atoms in total. The van der Waals surface area contributed by atoms with E-state index in [9.17, 15) is 22.8 Å². The quantitative estimate of drug-likeness (QED) is 0.447. The van der Waals surface area contributed by atoms with Crippen molar-refractivity contribution < 1.29 is 22.7 Å². The molecule has 1 aromatic carbocycles. The Hall–Kier alpha value is -4.15. The summed E-state index contributed by atoms with van der Waals surface area (Å²) in [6.07, 6.45) is -1.51. The summed E-state index contributed by atoms with van der Waals surface area (Å²) in [4.78, 5) is 29.0. The van der Waals surface area contributed by atoms with E-state index in [-0.39, 0.29) is 23.8 Å². The van der Waals surface area contributed by atoms with E-state index < -0.39 is 18.8 Å². The highest BCUT2D eigenvalue weighted by atomic mass is 19.4. The van der Waals surface area contributed by atoms with E-state index in [0.717, 1.165) is 5.56 Å². The number of amides is 1. The number of hydrogen-bond acceptors (Lipinski definition) is 5. The van der Waals surface area contributed by atoms with Gasteiger partial charge in [0, 0.05) is 6.20 Å². The van der Waals surface area contributed by atoms with E-state index in [1.807, 2.05) is 0 Å². The van der Waals surface area contributed by atoms with Crippen molar-refractivity contribution in [3.63, 3.8) is 0 Å². The Morgan fingerprint density at radius 1 is 1.12 bits per heavy atom. The smallest absolute Gasteiger partial charge is 0.422 e. The molecule has 1 N–H and O–H groups in total. The van der Waals surface area contributed by atoms with Crippen molar-refractivity contribution in [1.29, 1.82) is 0 Å². The molecule has 1 amide bonds. The van der Waals surface area contributed by atoms with E-state index in [0.29, 0.717) is 17.0 Å². The van der Waals surface area contributed by atoms with Gasteiger partial charge < -0.3 is 10.1 Å². The van der Waals surface area contributed by atoms with Gasteiger partial charge in [0.05, 0.1) is 30.0 Å². The summed E-state index contributed by atoms with van der Waals surface area (Å²) in [7, 11) is 0. The number of nitrogens with one attached hydrogen (secondary N) is 1. The van der Waals surface area contributed by atoms with Gasteiger partial charge in [-0.2, -0.15) is 17.9 Å². The molecule has 4 rings (SSSR count). The molecule has 0 radical (unpaired) electrons. The van der Waals surface area contributed by atoms with Crippen LogP contribution in [0.25, 0.3) is 11.3 Å². The highest BCUT2D eigenvalue weighted by molar-refractivity contribution is 5.79. The van der Waals surface area contributed by atoms with E-state index in [4.69, 9.17) is 0 Å². The zero-order chi connectivity index (χ0) is 24.3. The predicted octanol–water partition coefficient (Wildman–Crippen LogP) is 3.24. The summed E-state index contributed by atoms with van der Waals surface area (Å²) in [6, 6.07) is 14.6. The van der Waals surface area contributed by atoms with Crippen molar-refractivity contribution in [2.45, 2.75) is 25.6 Å². The minimum atomic E-state index is -4.43. The van der Waals surface area contributed by atoms with Gasteiger partial charge >= 0.3 is 11.9 Å². The molecule has 0 aliphatic carbocycles. The Morgan fingerprint density at radius 2 is 1.88 bits per heavy atom. The Morgan fingerprint density at radius 3 is 2.53 bits per heavy atom. The first-order chi connectivity index (χ1) is 16.2. The van der Waals surface area contributed by atoms with E-state index in [1.165, 1.54) is 27.4 Å². The maximum Gasteiger partial charge on any atom is 0.422 e. The van der Waals surface area contributed by atoms with Crippen LogP contribution in [0, 0.1) is 0 Å². The highest BCUT2D eigenvalue weighted by Gasteiger charge is 2.28. The number of ether oxygens (including phenoxy) is 1. The first-order valence-corrected chi connectivity index (χ1v) is 10.3. The molecule has 0 spiro atoms. The maximum atomic E-state index is 12.5. The fourth-order valence-electron chi connectivity index (χ4n) is 3.30. The van der Waals surface area contributed by atoms with E-state index in [2.05, 4.69) is 20.1 Å². The number of rotatable bonds is 7. The minimum Gasteiger partial charge on any atom is -0.483 e. The maximum absolute atomic E-state index is 12.5. The number of carbonyl (C=O) groups excluding carboxylic acids is 1. The van der Waals surface area contributed by atoms with Crippen LogP contribution in [0.1, 0.15) is 24.2 Å². The van der Waals surface area contributed by atoms with Crippen LogP contribution < -0.4 is 15.7 Å². The van der Waals surface area contributed by atoms with Crippen LogP contribution in [0.2, 0.25) is 0 Å². The Bertz CT molecular complexity index is 1350. The number of benzene rings is 1. The molecule has 0 fully saturated rings. The molecule has 0 bridgehead atoms. The van der Waals surface area contributed by atoms with Crippen LogP contribution in [0.4, 0.5) is 13.2 Å². The number of carbonyl (C=O) groups is 1. The molecular weight excluding hydrogens is 451 g/mol. The van der Waals surface area contributed by atoms with Gasteiger partial charge in [0.25, 0.3) is 0 Å². The van der Waals surface area contributed by atoms with Gasteiger partial charge in [-0.15, -0.1) is 5.10 Å². The number of nitrogens with zero attached hydrogens (tertiary/aromatic N) is 4. The molecule has 176 valence electrons. The van der Waals surface area contributed by atoms with Crippen LogP contribution in [0.5, 0.6) is 5.75 Å². The van der Waals surface area contributed by atoms with Crippen LogP contribution in [0.15, 0.2) is 71.8 Å². The second kappa shape index (κ2) is 9.38. The molecule has 4 aromatic rings. The monoisotopic (exact) mass is 471 g/mol. The van der Waals surface area contributed by atoms with Crippen molar-refractivity contribution in [3.05, 3.63) is 88.7 Å². The van der Waals surface area contributed by atoms with Gasteiger partial charge in [0.1, 0.15) is 5.75 Å². The number of pyridine rings is 2. The Balaban J connectivity index is 1.35. The lowest BCUT2D eigenvalue weighted by molar-refractivity contribution is -0.153. The number of alkyl halides is 3. The molecule has 0 aliphatic heterocycles. The Kier molecular flexibility index (Phi) is 6.35. The number of fused-ring (bicyclic) bond motifs is 1. The summed E-state index contributed by atoms with van der Waals surface area (Å²) < 4.78 is 44.0. The standard InChI is InChI=1S/C23H20F3N5O3/c1-15(19-10-9-18(13-27-19)34-14-23(24,25)26)28-21(32)12-16-5-7-17(8-6-16)31-22(33)30-11-3-2-4-20(30)29-31/h2-11,13,15H,12,14H2,1H3,(H,28,32)/t15-/m1/s1. The van der Waals surface area contributed by atoms with Crippen molar-refractivity contribution in [3.8, 4) is 11.4 Å². The SMILES string of the molecule is C[C@@H](NC(=O)Cc1ccc(-n2nc3ccccn3c2=O)cc1)c1ccc(OCC(F)(F)F)cn1. The van der Waals surface area contributed by atoms with Gasteiger partial charge in [0.2, 0.25) is 5.91 Å². The van der Waals surface area contributed by atoms with E-state index in [1.54, 1.807) is 55.6 Å². The molecule has 0 saturated heterocycles. The minimum absolute atomic E-state index is 0.00981. The zero-order valence-electron chi connectivity index (χ0n) is 18.0. The summed E-state index contributed by atoms with van der Waals surface area (Å²) >= 11 is 0. The predicted molar refractivity (Wildman–Crippen MR) is 117 cm³/mol. The van der Waals surface area contributed by atoms with Gasteiger partial charge in [-0.3, -0.25) is 9.78 Å². The van der Waals surface area contributed by atoms with Crippen molar-refractivity contribution in [2.75, 3.05) is 6.61 Å². The van der Waals surface area contributed by atoms with Gasteiger partial charge in [0.15, 0.2) is 12.3 Å². The summed E-state index contributed by atoms with van der Waals surface area (Å²) in [5.74, 6) is -0.270. The third-order valence-corrected chi connectivity index (χ3v) is 4.96. The lowest BCUT2D eigenvalue weighted by Gasteiger charge is -2.14. The van der Waals surface area contributed by atoms with Crippen molar-refractivity contribution in [1.82, 2.24) is 24.5 Å². The third-order valence-electron chi connectivity index (χ3n) is 4.96. The second-order valence-corrected chi connectivity index (χ2v) is 7.58. The fourth-order valence-corrected chi connectivity index (χ4v) is 3.30. The molecule has 0 aliphatic rings. The molecule has 0 unspecified atom stereocenters. The molecule has 34 heavy (non-hydrogen) atoms. The largest absolute Gasteiger partial charge is 0.483 e. The van der Waals surface area contributed by atoms with Crippen LogP contribution in [0.3, 0.4) is 0 Å². The van der Waals surface area contributed by atoms with Crippen LogP contribution >= 0.6 is 0 Å². The average Bonchev–Trinajstić information content (AvgIpc) is 3.14. The molecule has 3 heterocycles. The first kappa shape index (κ1) is 23.0. The lowest BCUT2D eigenvalue weighted by atomic mass is 10.1. The van der Waals surface area contributed by atoms with Crippen molar-refractivity contribution >= 4 is 11.6 Å². The molecular formula is C23H20F3N5O3. The topological polar surface area (TPSA) is 90.5 Å². The zero-order valence-corrected chi connectivity index (χ0v) is 18.0. The van der Waals surface area contributed by atoms with Crippen LogP contribution in [-0.2, 0) is 11.2 Å². The summed E-state index contributed by atoms with van der Waals surface area (Å²) in [5.41, 5.74) is 2.02. The summed E-state index contributed by atoms with van der Waals surface area (Å²) in [6.45, 7) is 0.320. The van der Waals surface area contributed by atoms with Gasteiger partial charge in [-0.1, -0.05) is 18.2 Å². The van der Waals surface area contributed by atoms with Crippen molar-refractivity contribution in [2.24, 2.45) is 0 Å². The molecule has 1 atom stereocenters. The lowest BCUT2D eigenvalue weighted by Crippen LogP contribution is -2.28. The molecule has 0 saturated carbocycles. The first-order valence-electron chi connectivity index (χ1n) is 10.3. The number of hydrogen-bond donors (Lipinski definition) is 1. The highest BCUT2D eigenvalue weighted by Crippen LogP contribution is 2.19. The van der Waals surface area contributed by atoms with E-state index >= 15 is 0 Å². The number of aromatic nitrogens is 4. The second-order valence-electron chi connectivity index (χ2n) is 7.58. The van der Waals surface area contributed by atoms with Crippen LogP contribution in [-0.4, -0.2) is 37.9 Å². The van der Waals surface area contributed by atoms with Gasteiger partial charge in [-0.05, 0) is 48.9 Å². The normalized spacial score (nSPS) is 12.5. The summed E-state index contributed by atoms with van der Waals surface area (Å²) in [5, 5.41) is 7.09. The average molecular weight is 471 g/mol. The number of halogens is 3. The molecule has 3 aromatic heterocycles. The van der Waals surface area contributed by atoms with Gasteiger partial charge in [-0.25, -0.2) is 9.20 Å². The Labute approximate surface area is 191 Å².